The minimum Gasteiger partial charge on any atom is -0.377 e. The lowest BCUT2D eigenvalue weighted by atomic mass is 10.3. The summed E-state index contributed by atoms with van der Waals surface area (Å²) >= 11 is 6.00. The van der Waals surface area contributed by atoms with Crippen LogP contribution in [-0.2, 0) is 11.3 Å². The van der Waals surface area contributed by atoms with Gasteiger partial charge in [-0.05, 0) is 37.2 Å². The summed E-state index contributed by atoms with van der Waals surface area (Å²) in [6.45, 7) is 4.29. The average Bonchev–Trinajstić information content (AvgIpc) is 2.76. The molecule has 2 heterocycles. The van der Waals surface area contributed by atoms with Crippen LogP contribution in [0.15, 0.2) is 24.3 Å². The number of hydrogen-bond donors (Lipinski definition) is 1. The van der Waals surface area contributed by atoms with E-state index in [1.807, 2.05) is 28.8 Å². The summed E-state index contributed by atoms with van der Waals surface area (Å²) in [7, 11) is 1.66. The molecule has 0 amide bonds. The zero-order chi connectivity index (χ0) is 15.4. The van der Waals surface area contributed by atoms with Crippen LogP contribution < -0.4 is 10.2 Å². The third-order valence-electron chi connectivity index (χ3n) is 3.69. The lowest BCUT2D eigenvalue weighted by Crippen LogP contribution is -2.30. The van der Waals surface area contributed by atoms with Crippen LogP contribution in [0.1, 0.15) is 12.2 Å². The molecule has 118 valence electrons. The molecule has 2 aromatic rings. The van der Waals surface area contributed by atoms with Gasteiger partial charge in [0, 0.05) is 31.8 Å². The van der Waals surface area contributed by atoms with Crippen molar-refractivity contribution >= 4 is 17.5 Å². The summed E-state index contributed by atoms with van der Waals surface area (Å²) in [5.74, 6) is 1.65. The Labute approximate surface area is 135 Å². The second-order valence-corrected chi connectivity index (χ2v) is 5.69. The Morgan fingerprint density at radius 2 is 2.00 bits per heavy atom. The molecule has 1 aromatic heterocycles. The maximum Gasteiger partial charge on any atom is 0.232 e. The molecule has 1 aliphatic heterocycles. The summed E-state index contributed by atoms with van der Waals surface area (Å²) in [5.41, 5.74) is 0.994. The van der Waals surface area contributed by atoms with Gasteiger partial charge in [0.25, 0.3) is 0 Å². The van der Waals surface area contributed by atoms with E-state index >= 15 is 0 Å². The summed E-state index contributed by atoms with van der Waals surface area (Å²) in [6, 6.07) is 7.71. The number of nitrogens with one attached hydrogen (secondary N) is 1. The molecule has 0 bridgehead atoms. The molecular formula is C15H20ClN5O. The zero-order valence-electron chi connectivity index (χ0n) is 12.6. The molecule has 22 heavy (non-hydrogen) atoms. The van der Waals surface area contributed by atoms with Crippen molar-refractivity contribution < 1.29 is 4.74 Å². The second kappa shape index (κ2) is 7.09. The van der Waals surface area contributed by atoms with Crippen molar-refractivity contribution in [3.63, 3.8) is 0 Å². The van der Waals surface area contributed by atoms with Crippen molar-refractivity contribution in [1.29, 1.82) is 0 Å². The van der Waals surface area contributed by atoms with Crippen molar-refractivity contribution in [3.05, 3.63) is 35.1 Å². The molecule has 6 nitrogen and oxygen atoms in total. The van der Waals surface area contributed by atoms with Gasteiger partial charge in [-0.2, -0.15) is 0 Å². The summed E-state index contributed by atoms with van der Waals surface area (Å²) in [6.07, 6.45) is 1.09. The van der Waals surface area contributed by atoms with E-state index in [4.69, 9.17) is 16.3 Å². The van der Waals surface area contributed by atoms with E-state index in [0.717, 1.165) is 50.1 Å². The van der Waals surface area contributed by atoms with Crippen LogP contribution in [0.4, 0.5) is 5.95 Å². The van der Waals surface area contributed by atoms with Gasteiger partial charge in [-0.1, -0.05) is 11.6 Å². The minimum absolute atomic E-state index is 0.418. The lowest BCUT2D eigenvalue weighted by molar-refractivity contribution is 0.176. The molecule has 0 saturated carbocycles. The molecule has 7 heteroatoms. The van der Waals surface area contributed by atoms with Crippen molar-refractivity contribution in [2.24, 2.45) is 0 Å². The van der Waals surface area contributed by atoms with Crippen LogP contribution in [0.5, 0.6) is 0 Å². The topological polar surface area (TPSA) is 55.2 Å². The highest BCUT2D eigenvalue weighted by molar-refractivity contribution is 6.30. The van der Waals surface area contributed by atoms with Crippen LogP contribution >= 0.6 is 11.6 Å². The molecule has 0 spiro atoms. The van der Waals surface area contributed by atoms with Crippen LogP contribution in [0, 0.1) is 0 Å². The first kappa shape index (κ1) is 15.3. The highest BCUT2D eigenvalue weighted by Crippen LogP contribution is 2.22. The van der Waals surface area contributed by atoms with E-state index in [9.17, 15) is 0 Å². The maximum atomic E-state index is 6.00. The van der Waals surface area contributed by atoms with Crippen molar-refractivity contribution in [1.82, 2.24) is 20.1 Å². The molecule has 0 aliphatic carbocycles. The van der Waals surface area contributed by atoms with E-state index < -0.39 is 0 Å². The van der Waals surface area contributed by atoms with Gasteiger partial charge in [-0.15, -0.1) is 10.2 Å². The summed E-state index contributed by atoms with van der Waals surface area (Å²) < 4.78 is 7.31. The minimum atomic E-state index is 0.418. The Balaban J connectivity index is 2.00. The summed E-state index contributed by atoms with van der Waals surface area (Å²) in [4.78, 5) is 2.26. The largest absolute Gasteiger partial charge is 0.377 e. The number of benzene rings is 1. The average molecular weight is 322 g/mol. The van der Waals surface area contributed by atoms with Gasteiger partial charge in [-0.3, -0.25) is 4.57 Å². The second-order valence-electron chi connectivity index (χ2n) is 5.25. The number of halogens is 1. The SMILES string of the molecule is COCc1nnc(N2CCCNCC2)n1-c1ccc(Cl)cc1. The Morgan fingerprint density at radius 3 is 2.77 bits per heavy atom. The van der Waals surface area contributed by atoms with Crippen molar-refractivity contribution in [2.75, 3.05) is 38.2 Å². The number of hydrogen-bond acceptors (Lipinski definition) is 5. The number of rotatable bonds is 4. The molecule has 1 saturated heterocycles. The Bertz CT molecular complexity index is 605. The van der Waals surface area contributed by atoms with E-state index in [0.29, 0.717) is 11.6 Å². The van der Waals surface area contributed by atoms with Crippen LogP contribution in [0.3, 0.4) is 0 Å². The summed E-state index contributed by atoms with van der Waals surface area (Å²) in [5, 5.41) is 12.8. The highest BCUT2D eigenvalue weighted by atomic mass is 35.5. The quantitative estimate of drug-likeness (QED) is 0.931. The van der Waals surface area contributed by atoms with E-state index in [2.05, 4.69) is 20.4 Å². The predicted molar refractivity (Wildman–Crippen MR) is 86.8 cm³/mol. The Hall–Kier alpha value is -1.63. The molecule has 0 atom stereocenters. The number of ether oxygens (including phenoxy) is 1. The standard InChI is InChI=1S/C15H20ClN5O/c1-22-11-14-18-19-15(20-9-2-7-17-8-10-20)21(14)13-5-3-12(16)4-6-13/h3-6,17H,2,7-11H2,1H3. The first-order valence-corrected chi connectivity index (χ1v) is 7.82. The van der Waals surface area contributed by atoms with Crippen LogP contribution in [-0.4, -0.2) is 48.1 Å². The number of aromatic nitrogens is 3. The van der Waals surface area contributed by atoms with Crippen LogP contribution in [0.25, 0.3) is 5.69 Å². The number of methoxy groups -OCH3 is 1. The Morgan fingerprint density at radius 1 is 1.18 bits per heavy atom. The van der Waals surface area contributed by atoms with Gasteiger partial charge in [0.1, 0.15) is 6.61 Å². The highest BCUT2D eigenvalue weighted by Gasteiger charge is 2.20. The van der Waals surface area contributed by atoms with Gasteiger partial charge in [0.15, 0.2) is 5.82 Å². The normalized spacial score (nSPS) is 15.8. The fourth-order valence-electron chi connectivity index (χ4n) is 2.63. The van der Waals surface area contributed by atoms with E-state index in [-0.39, 0.29) is 0 Å². The zero-order valence-corrected chi connectivity index (χ0v) is 13.4. The predicted octanol–water partition coefficient (Wildman–Crippen LogP) is 1.87. The van der Waals surface area contributed by atoms with Gasteiger partial charge < -0.3 is 15.0 Å². The van der Waals surface area contributed by atoms with Gasteiger partial charge in [-0.25, -0.2) is 0 Å². The van der Waals surface area contributed by atoms with E-state index in [1.165, 1.54) is 0 Å². The fraction of sp³-hybridized carbons (Fsp3) is 0.467. The molecule has 0 radical (unpaired) electrons. The Kier molecular flexibility index (Phi) is 4.92. The molecule has 1 fully saturated rings. The first-order chi connectivity index (χ1) is 10.8. The number of nitrogens with zero attached hydrogens (tertiary/aromatic N) is 4. The molecule has 1 N–H and O–H groups in total. The number of anilines is 1. The van der Waals surface area contributed by atoms with Crippen molar-refractivity contribution in [2.45, 2.75) is 13.0 Å². The fourth-order valence-corrected chi connectivity index (χ4v) is 2.76. The van der Waals surface area contributed by atoms with Crippen LogP contribution in [0.2, 0.25) is 5.02 Å². The van der Waals surface area contributed by atoms with Crippen molar-refractivity contribution in [3.8, 4) is 5.69 Å². The smallest absolute Gasteiger partial charge is 0.232 e. The third kappa shape index (κ3) is 3.24. The molecule has 3 rings (SSSR count). The third-order valence-corrected chi connectivity index (χ3v) is 3.95. The maximum absolute atomic E-state index is 6.00. The monoisotopic (exact) mass is 321 g/mol. The lowest BCUT2D eigenvalue weighted by Gasteiger charge is -2.22. The molecule has 0 unspecified atom stereocenters. The van der Waals surface area contributed by atoms with Gasteiger partial charge in [0.2, 0.25) is 5.95 Å². The van der Waals surface area contributed by atoms with Gasteiger partial charge >= 0.3 is 0 Å². The first-order valence-electron chi connectivity index (χ1n) is 7.44. The molecule has 1 aliphatic rings. The van der Waals surface area contributed by atoms with E-state index in [1.54, 1.807) is 7.11 Å². The van der Waals surface area contributed by atoms with Gasteiger partial charge in [0.05, 0.1) is 5.69 Å². The molecular weight excluding hydrogens is 302 g/mol. The molecule has 1 aromatic carbocycles.